The number of aryl methyl sites for hydroxylation is 1. The van der Waals surface area contributed by atoms with Crippen LogP contribution in [0.2, 0.25) is 0 Å². The predicted molar refractivity (Wildman–Crippen MR) is 87.0 cm³/mol. The van der Waals surface area contributed by atoms with Gasteiger partial charge in [-0.3, -0.25) is 4.18 Å². The molecule has 2 aromatic carbocycles. The van der Waals surface area contributed by atoms with Crippen LogP contribution in [-0.2, 0) is 19.0 Å². The Bertz CT molecular complexity index is 851. The van der Waals surface area contributed by atoms with E-state index in [9.17, 15) is 18.3 Å². The third-order valence-electron chi connectivity index (χ3n) is 2.99. The SMILES string of the molecule is [2H]C([2H])(OS(=O)(=O)c1ccc(C)cc1)[C@@H](O)COC(=O)c1ccccc1. The van der Waals surface area contributed by atoms with Crippen LogP contribution in [0.3, 0.4) is 0 Å². The van der Waals surface area contributed by atoms with Crippen LogP contribution in [0.15, 0.2) is 59.5 Å². The Morgan fingerprint density at radius 1 is 1.17 bits per heavy atom. The molecule has 1 N–H and O–H groups in total. The number of carbonyl (C=O) groups excluding carboxylic acids is 1. The Morgan fingerprint density at radius 3 is 2.42 bits per heavy atom. The minimum absolute atomic E-state index is 0.216. The maximum absolute atomic E-state index is 12.1. The molecule has 0 spiro atoms. The first kappa shape index (κ1) is 15.3. The third kappa shape index (κ3) is 5.16. The summed E-state index contributed by atoms with van der Waals surface area (Å²) in [5.41, 5.74) is 1.04. The summed E-state index contributed by atoms with van der Waals surface area (Å²) in [7, 11) is -4.45. The van der Waals surface area contributed by atoms with Crippen molar-refractivity contribution in [3.8, 4) is 0 Å². The molecule has 2 rings (SSSR count). The Balaban J connectivity index is 2.01. The number of carbonyl (C=O) groups is 1. The van der Waals surface area contributed by atoms with Crippen LogP contribution < -0.4 is 0 Å². The van der Waals surface area contributed by atoms with E-state index in [1.807, 2.05) is 0 Å². The normalized spacial score (nSPS) is 14.4. The van der Waals surface area contributed by atoms with Crippen molar-refractivity contribution in [3.05, 3.63) is 65.7 Å². The van der Waals surface area contributed by atoms with Crippen LogP contribution in [0, 0.1) is 6.92 Å². The highest BCUT2D eigenvalue weighted by molar-refractivity contribution is 7.86. The van der Waals surface area contributed by atoms with Crippen molar-refractivity contribution in [3.63, 3.8) is 0 Å². The highest BCUT2D eigenvalue weighted by Crippen LogP contribution is 2.13. The van der Waals surface area contributed by atoms with E-state index in [2.05, 4.69) is 4.18 Å². The van der Waals surface area contributed by atoms with E-state index in [0.717, 1.165) is 5.56 Å². The number of aliphatic hydroxyl groups excluding tert-OH is 1. The van der Waals surface area contributed by atoms with Gasteiger partial charge in [-0.05, 0) is 31.2 Å². The number of hydrogen-bond donors (Lipinski definition) is 1. The number of hydrogen-bond acceptors (Lipinski definition) is 6. The highest BCUT2D eigenvalue weighted by atomic mass is 32.2. The van der Waals surface area contributed by atoms with E-state index < -0.39 is 35.4 Å². The third-order valence-corrected chi connectivity index (χ3v) is 4.15. The summed E-state index contributed by atoms with van der Waals surface area (Å²) in [5, 5.41) is 9.89. The van der Waals surface area contributed by atoms with Crippen molar-refractivity contribution in [2.45, 2.75) is 17.9 Å². The van der Waals surface area contributed by atoms with Crippen molar-refractivity contribution >= 4 is 16.1 Å². The summed E-state index contributed by atoms with van der Waals surface area (Å²) < 4.78 is 48.9. The fourth-order valence-corrected chi connectivity index (χ4v) is 2.52. The van der Waals surface area contributed by atoms with E-state index >= 15 is 0 Å². The summed E-state index contributed by atoms with van der Waals surface area (Å²) in [4.78, 5) is 11.6. The van der Waals surface area contributed by atoms with Gasteiger partial charge in [-0.15, -0.1) is 0 Å². The van der Waals surface area contributed by atoms with Crippen molar-refractivity contribution in [1.82, 2.24) is 0 Å². The standard InChI is InChI=1S/C17H18O6S/c1-13-7-9-16(10-8-13)24(20,21)23-12-15(18)11-22-17(19)14-5-3-2-4-6-14/h2-10,15,18H,11-12H2,1H3/t15-/m0/s1/i12D2. The number of rotatable bonds is 7. The monoisotopic (exact) mass is 352 g/mol. The number of benzene rings is 2. The lowest BCUT2D eigenvalue weighted by atomic mass is 10.2. The van der Waals surface area contributed by atoms with Crippen molar-refractivity contribution < 1.29 is 30.0 Å². The Labute approximate surface area is 143 Å². The first-order valence-corrected chi connectivity index (χ1v) is 8.45. The van der Waals surface area contributed by atoms with Crippen LogP contribution in [0.5, 0.6) is 0 Å². The average molecular weight is 352 g/mol. The molecule has 0 saturated heterocycles. The van der Waals surface area contributed by atoms with Gasteiger partial charge in [0.1, 0.15) is 12.7 Å². The molecule has 0 radical (unpaired) electrons. The van der Waals surface area contributed by atoms with Gasteiger partial charge in [-0.25, -0.2) is 4.79 Å². The van der Waals surface area contributed by atoms with Gasteiger partial charge in [0, 0.05) is 0 Å². The second-order valence-electron chi connectivity index (χ2n) is 4.95. The van der Waals surface area contributed by atoms with Crippen LogP contribution in [-0.4, -0.2) is 38.8 Å². The lowest BCUT2D eigenvalue weighted by Gasteiger charge is -2.12. The number of aliphatic hydroxyl groups is 1. The van der Waals surface area contributed by atoms with Gasteiger partial charge in [0.05, 0.1) is 19.8 Å². The Kier molecular flexibility index (Phi) is 5.14. The quantitative estimate of drug-likeness (QED) is 0.605. The molecule has 2 aromatic rings. The van der Waals surface area contributed by atoms with Gasteiger partial charge in [-0.1, -0.05) is 35.9 Å². The van der Waals surface area contributed by atoms with E-state index in [1.165, 1.54) is 36.4 Å². The van der Waals surface area contributed by atoms with E-state index in [-0.39, 0.29) is 10.5 Å². The zero-order valence-electron chi connectivity index (χ0n) is 14.9. The van der Waals surface area contributed by atoms with Crippen LogP contribution in [0.25, 0.3) is 0 Å². The first-order valence-electron chi connectivity index (χ1n) is 8.04. The number of ether oxygens (including phenoxy) is 1. The fraction of sp³-hybridized carbons (Fsp3) is 0.235. The van der Waals surface area contributed by atoms with Crippen molar-refractivity contribution in [2.24, 2.45) is 0 Å². The smallest absolute Gasteiger partial charge is 0.338 e. The summed E-state index contributed by atoms with van der Waals surface area (Å²) in [5.74, 6) is -0.776. The molecule has 1 atom stereocenters. The maximum atomic E-state index is 12.1. The second-order valence-corrected chi connectivity index (χ2v) is 6.49. The molecule has 7 heteroatoms. The summed E-state index contributed by atoms with van der Waals surface area (Å²) in [6, 6.07) is 13.5. The van der Waals surface area contributed by atoms with E-state index in [4.69, 9.17) is 7.48 Å². The van der Waals surface area contributed by atoms with Gasteiger partial charge >= 0.3 is 5.97 Å². The minimum Gasteiger partial charge on any atom is -0.459 e. The van der Waals surface area contributed by atoms with E-state index in [1.54, 1.807) is 25.1 Å². The van der Waals surface area contributed by atoms with Crippen LogP contribution in [0.4, 0.5) is 0 Å². The Morgan fingerprint density at radius 2 is 1.79 bits per heavy atom. The van der Waals surface area contributed by atoms with Gasteiger partial charge in [-0.2, -0.15) is 8.42 Å². The second kappa shape index (κ2) is 8.05. The zero-order chi connectivity index (χ0) is 19.4. The summed E-state index contributed by atoms with van der Waals surface area (Å²) in [6.07, 6.45) is -2.00. The zero-order valence-corrected chi connectivity index (χ0v) is 13.7. The predicted octanol–water partition coefficient (Wildman–Crippen LogP) is 1.92. The minimum atomic E-state index is -4.45. The van der Waals surface area contributed by atoms with Crippen LogP contribution in [0.1, 0.15) is 18.7 Å². The molecule has 0 aliphatic carbocycles. The van der Waals surface area contributed by atoms with E-state index in [0.29, 0.717) is 0 Å². The molecule has 0 saturated carbocycles. The fourth-order valence-electron chi connectivity index (χ4n) is 1.72. The van der Waals surface area contributed by atoms with Gasteiger partial charge in [0.25, 0.3) is 10.1 Å². The molecule has 0 aromatic heterocycles. The molecular formula is C17H18O6S. The molecule has 0 bridgehead atoms. The molecule has 6 nitrogen and oxygen atoms in total. The molecule has 24 heavy (non-hydrogen) atoms. The molecule has 0 unspecified atom stereocenters. The van der Waals surface area contributed by atoms with Gasteiger partial charge in [0.2, 0.25) is 0 Å². The molecule has 0 aliphatic heterocycles. The average Bonchev–Trinajstić information content (AvgIpc) is 2.59. The topological polar surface area (TPSA) is 89.9 Å². The molecular weight excluding hydrogens is 332 g/mol. The molecule has 0 amide bonds. The van der Waals surface area contributed by atoms with Gasteiger partial charge in [0.15, 0.2) is 0 Å². The van der Waals surface area contributed by atoms with Gasteiger partial charge < -0.3 is 9.84 Å². The van der Waals surface area contributed by atoms with Crippen LogP contribution >= 0.6 is 0 Å². The highest BCUT2D eigenvalue weighted by Gasteiger charge is 2.18. The maximum Gasteiger partial charge on any atom is 0.338 e. The molecule has 0 aliphatic rings. The number of esters is 1. The van der Waals surface area contributed by atoms with Crippen molar-refractivity contribution in [2.75, 3.05) is 13.2 Å². The lowest BCUT2D eigenvalue weighted by Crippen LogP contribution is -2.25. The van der Waals surface area contributed by atoms with Crippen molar-refractivity contribution in [1.29, 1.82) is 0 Å². The summed E-state index contributed by atoms with van der Waals surface area (Å²) in [6.45, 7) is -1.99. The molecule has 128 valence electrons. The molecule has 0 fully saturated rings. The summed E-state index contributed by atoms with van der Waals surface area (Å²) >= 11 is 0. The lowest BCUT2D eigenvalue weighted by molar-refractivity contribution is 0.0139. The molecule has 0 heterocycles. The largest absolute Gasteiger partial charge is 0.459 e. The first-order chi connectivity index (χ1) is 12.1. The Hall–Kier alpha value is -2.22.